The van der Waals surface area contributed by atoms with Crippen molar-refractivity contribution in [1.82, 2.24) is 9.80 Å². The summed E-state index contributed by atoms with van der Waals surface area (Å²) in [4.78, 5) is 31.1. The van der Waals surface area contributed by atoms with E-state index in [4.69, 9.17) is 0 Å². The van der Waals surface area contributed by atoms with Gasteiger partial charge in [0.1, 0.15) is 12.4 Å². The Morgan fingerprint density at radius 1 is 0.909 bits per heavy atom. The number of hydrogen-bond acceptors (Lipinski definition) is 3. The average molecular weight is 467 g/mol. The quantitative estimate of drug-likeness (QED) is 0.380. The molecule has 0 aliphatic heterocycles. The van der Waals surface area contributed by atoms with Crippen LogP contribution in [0.2, 0.25) is 0 Å². The number of aryl methyl sites for hydroxylation is 1. The minimum absolute atomic E-state index is 0.000880. The molecule has 3 aromatic rings. The van der Waals surface area contributed by atoms with Crippen molar-refractivity contribution in [2.75, 3.05) is 13.1 Å². The molecule has 33 heavy (non-hydrogen) atoms. The number of rotatable bonds is 10. The molecule has 2 aromatic carbocycles. The average Bonchev–Trinajstić information content (AvgIpc) is 3.32. The van der Waals surface area contributed by atoms with Gasteiger partial charge < -0.3 is 9.80 Å². The summed E-state index contributed by atoms with van der Waals surface area (Å²) in [5.74, 6) is -0.360. The summed E-state index contributed by atoms with van der Waals surface area (Å²) in [5.41, 5.74) is 2.60. The first-order chi connectivity index (χ1) is 15.9. The Kier molecular flexibility index (Phi) is 8.78. The zero-order valence-corrected chi connectivity index (χ0v) is 20.3. The van der Waals surface area contributed by atoms with Gasteiger partial charge in [-0.15, -0.1) is 11.3 Å². The number of halogens is 1. The first-order valence-corrected chi connectivity index (χ1v) is 12.2. The summed E-state index contributed by atoms with van der Waals surface area (Å²) in [7, 11) is 0. The highest BCUT2D eigenvalue weighted by atomic mass is 32.1. The summed E-state index contributed by atoms with van der Waals surface area (Å²) in [6, 6.07) is 17.7. The molecule has 1 heterocycles. The number of amides is 2. The summed E-state index contributed by atoms with van der Waals surface area (Å²) in [6.45, 7) is 7.43. The third-order valence-electron chi connectivity index (χ3n) is 5.37. The minimum Gasteiger partial charge on any atom is -0.332 e. The second kappa shape index (κ2) is 11.8. The van der Waals surface area contributed by atoms with E-state index in [1.165, 1.54) is 17.7 Å². The minimum atomic E-state index is -0.308. The Labute approximate surface area is 199 Å². The van der Waals surface area contributed by atoms with Crippen LogP contribution < -0.4 is 0 Å². The number of benzene rings is 2. The van der Waals surface area contributed by atoms with E-state index in [9.17, 15) is 14.0 Å². The molecule has 0 saturated carbocycles. The fourth-order valence-electron chi connectivity index (χ4n) is 3.62. The monoisotopic (exact) mass is 466 g/mol. The van der Waals surface area contributed by atoms with E-state index in [-0.39, 0.29) is 30.1 Å². The molecular formula is C27H31FN2O2S. The molecule has 0 saturated heterocycles. The molecule has 0 fully saturated rings. The third kappa shape index (κ3) is 7.26. The van der Waals surface area contributed by atoms with E-state index in [0.717, 1.165) is 16.9 Å². The third-order valence-corrected chi connectivity index (χ3v) is 6.24. The number of thiophene rings is 1. The van der Waals surface area contributed by atoms with E-state index in [1.54, 1.807) is 33.3 Å². The second-order valence-corrected chi connectivity index (χ2v) is 9.62. The van der Waals surface area contributed by atoms with Crippen molar-refractivity contribution in [2.45, 2.75) is 40.3 Å². The standard InChI is InChI=1S/C27H31FN2O2S/c1-4-21-7-11-23(12-8-21)27(32)30(16-20(2)3)19-26(31)29(18-25-6-5-15-33-25)17-22-9-13-24(28)14-10-22/h5-15,20H,4,16-19H2,1-3H3. The Hall–Kier alpha value is -2.99. The van der Waals surface area contributed by atoms with Crippen molar-refractivity contribution in [3.63, 3.8) is 0 Å². The molecular weight excluding hydrogens is 435 g/mol. The van der Waals surface area contributed by atoms with Gasteiger partial charge >= 0.3 is 0 Å². The highest BCUT2D eigenvalue weighted by molar-refractivity contribution is 7.09. The number of hydrogen-bond donors (Lipinski definition) is 0. The fourth-order valence-corrected chi connectivity index (χ4v) is 4.34. The lowest BCUT2D eigenvalue weighted by Crippen LogP contribution is -2.43. The van der Waals surface area contributed by atoms with Crippen molar-refractivity contribution in [1.29, 1.82) is 0 Å². The van der Waals surface area contributed by atoms with Gasteiger partial charge in [-0.1, -0.05) is 51.1 Å². The zero-order valence-electron chi connectivity index (χ0n) is 19.5. The molecule has 6 heteroatoms. The van der Waals surface area contributed by atoms with E-state index in [0.29, 0.717) is 25.2 Å². The molecule has 0 spiro atoms. The lowest BCUT2D eigenvalue weighted by Gasteiger charge is -2.29. The van der Waals surface area contributed by atoms with E-state index >= 15 is 0 Å². The van der Waals surface area contributed by atoms with Gasteiger partial charge in [-0.25, -0.2) is 4.39 Å². The predicted octanol–water partition coefficient (Wildman–Crippen LogP) is 5.78. The maximum atomic E-state index is 13.4. The summed E-state index contributed by atoms with van der Waals surface area (Å²) in [5, 5.41) is 1.98. The van der Waals surface area contributed by atoms with Crippen molar-refractivity contribution in [3.8, 4) is 0 Å². The topological polar surface area (TPSA) is 40.6 Å². The van der Waals surface area contributed by atoms with Crippen LogP contribution in [0.1, 0.15) is 47.1 Å². The smallest absolute Gasteiger partial charge is 0.254 e. The van der Waals surface area contributed by atoms with Crippen molar-refractivity contribution in [3.05, 3.63) is 93.4 Å². The summed E-state index contributed by atoms with van der Waals surface area (Å²) in [6.07, 6.45) is 0.906. The maximum absolute atomic E-state index is 13.4. The second-order valence-electron chi connectivity index (χ2n) is 8.59. The highest BCUT2D eigenvalue weighted by Crippen LogP contribution is 2.17. The fraction of sp³-hybridized carbons (Fsp3) is 0.333. The molecule has 0 unspecified atom stereocenters. The molecule has 174 valence electrons. The predicted molar refractivity (Wildman–Crippen MR) is 132 cm³/mol. The van der Waals surface area contributed by atoms with Crippen LogP contribution in [0, 0.1) is 11.7 Å². The Bertz CT molecular complexity index is 1030. The number of nitrogens with zero attached hydrogens (tertiary/aromatic N) is 2. The maximum Gasteiger partial charge on any atom is 0.254 e. The lowest BCUT2D eigenvalue weighted by molar-refractivity contribution is -0.133. The first kappa shape index (κ1) is 24.6. The number of carbonyl (C=O) groups excluding carboxylic acids is 2. The van der Waals surface area contributed by atoms with Crippen LogP contribution >= 0.6 is 11.3 Å². The molecule has 1 aromatic heterocycles. The normalized spacial score (nSPS) is 10.9. The molecule has 3 rings (SSSR count). The Morgan fingerprint density at radius 3 is 2.15 bits per heavy atom. The van der Waals surface area contributed by atoms with Crippen LogP contribution in [0.3, 0.4) is 0 Å². The van der Waals surface area contributed by atoms with E-state index in [1.807, 2.05) is 55.6 Å². The molecule has 0 aliphatic rings. The van der Waals surface area contributed by atoms with Crippen LogP contribution in [-0.4, -0.2) is 34.7 Å². The van der Waals surface area contributed by atoms with Crippen LogP contribution in [-0.2, 0) is 24.3 Å². The van der Waals surface area contributed by atoms with Gasteiger partial charge in [0.15, 0.2) is 0 Å². The van der Waals surface area contributed by atoms with Gasteiger partial charge in [0.05, 0.1) is 6.54 Å². The van der Waals surface area contributed by atoms with Crippen LogP contribution in [0.25, 0.3) is 0 Å². The van der Waals surface area contributed by atoms with Crippen LogP contribution in [0.5, 0.6) is 0 Å². The van der Waals surface area contributed by atoms with E-state index < -0.39 is 0 Å². The first-order valence-electron chi connectivity index (χ1n) is 11.3. The molecule has 2 amide bonds. The van der Waals surface area contributed by atoms with Gasteiger partial charge in [-0.2, -0.15) is 0 Å². The van der Waals surface area contributed by atoms with Gasteiger partial charge in [-0.3, -0.25) is 9.59 Å². The van der Waals surface area contributed by atoms with Crippen molar-refractivity contribution in [2.24, 2.45) is 5.92 Å². The van der Waals surface area contributed by atoms with Gasteiger partial charge in [0.25, 0.3) is 5.91 Å². The molecule has 0 radical (unpaired) electrons. The SMILES string of the molecule is CCc1ccc(C(=O)N(CC(=O)N(Cc2ccc(F)cc2)Cc2cccs2)CC(C)C)cc1. The highest BCUT2D eigenvalue weighted by Gasteiger charge is 2.24. The zero-order chi connectivity index (χ0) is 23.8. The summed E-state index contributed by atoms with van der Waals surface area (Å²) >= 11 is 1.58. The van der Waals surface area contributed by atoms with Crippen LogP contribution in [0.15, 0.2) is 66.0 Å². The molecule has 0 N–H and O–H groups in total. The molecule has 0 aliphatic carbocycles. The molecule has 0 atom stereocenters. The van der Waals surface area contributed by atoms with Gasteiger partial charge in [-0.05, 0) is 59.2 Å². The Morgan fingerprint density at radius 2 is 1.58 bits per heavy atom. The largest absolute Gasteiger partial charge is 0.332 e. The van der Waals surface area contributed by atoms with Crippen molar-refractivity contribution >= 4 is 23.2 Å². The Balaban J connectivity index is 1.80. The van der Waals surface area contributed by atoms with Gasteiger partial charge in [0.2, 0.25) is 5.91 Å². The lowest BCUT2D eigenvalue weighted by atomic mass is 10.1. The van der Waals surface area contributed by atoms with Crippen LogP contribution in [0.4, 0.5) is 4.39 Å². The molecule has 0 bridgehead atoms. The van der Waals surface area contributed by atoms with Gasteiger partial charge in [0, 0.05) is 23.5 Å². The van der Waals surface area contributed by atoms with Crippen molar-refractivity contribution < 1.29 is 14.0 Å². The molecule has 4 nitrogen and oxygen atoms in total. The van der Waals surface area contributed by atoms with E-state index in [2.05, 4.69) is 6.92 Å². The summed E-state index contributed by atoms with van der Waals surface area (Å²) < 4.78 is 13.4. The number of carbonyl (C=O) groups is 2.